The van der Waals surface area contributed by atoms with Crippen LogP contribution in [0.4, 0.5) is 4.39 Å². The first-order valence-electron chi connectivity index (χ1n) is 8.78. The van der Waals surface area contributed by atoms with Crippen LogP contribution in [0.25, 0.3) is 0 Å². The quantitative estimate of drug-likeness (QED) is 0.767. The largest absolute Gasteiger partial charge is 0.472 e. The summed E-state index contributed by atoms with van der Waals surface area (Å²) in [4.78, 5) is 27.1. The Balaban J connectivity index is 1.89. The standard InChI is InChI=1S/C20H22FNO4/c1-2-26-19(24)20(12-15-6-3-4-7-17(15)21)9-5-10-22(14-20)18(23)16-8-11-25-13-16/h3-4,6-8,11,13H,2,5,9-10,12,14H2,1H3/t20-/m1/s1. The number of furan rings is 1. The van der Waals surface area contributed by atoms with Crippen LogP contribution in [0.2, 0.25) is 0 Å². The normalized spacial score (nSPS) is 20.0. The Hall–Kier alpha value is -2.63. The number of rotatable bonds is 5. The molecule has 1 amide bonds. The van der Waals surface area contributed by atoms with E-state index in [1.165, 1.54) is 18.6 Å². The highest BCUT2D eigenvalue weighted by atomic mass is 19.1. The summed E-state index contributed by atoms with van der Waals surface area (Å²) >= 11 is 0. The van der Waals surface area contributed by atoms with Gasteiger partial charge in [-0.3, -0.25) is 9.59 Å². The minimum atomic E-state index is -0.949. The second-order valence-corrected chi connectivity index (χ2v) is 6.61. The molecule has 0 unspecified atom stereocenters. The fourth-order valence-electron chi connectivity index (χ4n) is 3.55. The van der Waals surface area contributed by atoms with E-state index in [2.05, 4.69) is 0 Å². The van der Waals surface area contributed by atoms with Crippen LogP contribution in [0.5, 0.6) is 0 Å². The number of benzene rings is 1. The first-order valence-corrected chi connectivity index (χ1v) is 8.78. The van der Waals surface area contributed by atoms with Gasteiger partial charge in [-0.05, 0) is 43.9 Å². The Morgan fingerprint density at radius 2 is 2.12 bits per heavy atom. The smallest absolute Gasteiger partial charge is 0.314 e. The number of hydrogen-bond donors (Lipinski definition) is 0. The molecule has 0 aliphatic carbocycles. The van der Waals surface area contributed by atoms with Crippen molar-refractivity contribution >= 4 is 11.9 Å². The first kappa shape index (κ1) is 18.2. The lowest BCUT2D eigenvalue weighted by atomic mass is 9.74. The van der Waals surface area contributed by atoms with Crippen molar-refractivity contribution in [3.05, 3.63) is 59.8 Å². The molecule has 0 saturated carbocycles. The molecule has 26 heavy (non-hydrogen) atoms. The van der Waals surface area contributed by atoms with Gasteiger partial charge in [0.15, 0.2) is 0 Å². The average molecular weight is 359 g/mol. The molecule has 1 atom stereocenters. The van der Waals surface area contributed by atoms with Gasteiger partial charge in [-0.1, -0.05) is 18.2 Å². The molecule has 1 aliphatic heterocycles. The first-order chi connectivity index (χ1) is 12.6. The summed E-state index contributed by atoms with van der Waals surface area (Å²) < 4.78 is 24.5. The summed E-state index contributed by atoms with van der Waals surface area (Å²) in [5.74, 6) is -0.928. The van der Waals surface area contributed by atoms with E-state index in [4.69, 9.17) is 9.15 Å². The van der Waals surface area contributed by atoms with Gasteiger partial charge in [0, 0.05) is 13.1 Å². The van der Waals surface area contributed by atoms with Gasteiger partial charge < -0.3 is 14.1 Å². The number of nitrogens with zero attached hydrogens (tertiary/aromatic N) is 1. The van der Waals surface area contributed by atoms with Crippen LogP contribution in [0, 0.1) is 11.2 Å². The summed E-state index contributed by atoms with van der Waals surface area (Å²) in [5, 5.41) is 0. The Morgan fingerprint density at radius 1 is 1.31 bits per heavy atom. The third kappa shape index (κ3) is 3.64. The summed E-state index contributed by atoms with van der Waals surface area (Å²) in [7, 11) is 0. The number of hydrogen-bond acceptors (Lipinski definition) is 4. The molecule has 1 aromatic carbocycles. The third-order valence-corrected chi connectivity index (χ3v) is 4.83. The van der Waals surface area contributed by atoms with Gasteiger partial charge in [0.25, 0.3) is 5.91 Å². The summed E-state index contributed by atoms with van der Waals surface area (Å²) in [5.41, 5.74) is -0.0516. The van der Waals surface area contributed by atoms with Gasteiger partial charge in [-0.25, -0.2) is 4.39 Å². The molecule has 6 heteroatoms. The van der Waals surface area contributed by atoms with E-state index in [0.29, 0.717) is 30.5 Å². The van der Waals surface area contributed by atoms with Gasteiger partial charge >= 0.3 is 5.97 Å². The highest BCUT2D eigenvalue weighted by molar-refractivity contribution is 5.94. The number of carbonyl (C=O) groups excluding carboxylic acids is 2. The molecule has 0 bridgehead atoms. The SMILES string of the molecule is CCOC(=O)[C@@]1(Cc2ccccc2F)CCCN(C(=O)c2ccoc2)C1. The van der Waals surface area contributed by atoms with Crippen molar-refractivity contribution in [2.24, 2.45) is 5.41 Å². The molecular formula is C20H22FNO4. The van der Waals surface area contributed by atoms with E-state index in [1.807, 2.05) is 0 Å². The van der Waals surface area contributed by atoms with Crippen molar-refractivity contribution in [3.63, 3.8) is 0 Å². The molecule has 0 radical (unpaired) electrons. The lowest BCUT2D eigenvalue weighted by molar-refractivity contribution is -0.158. The number of likely N-dealkylation sites (tertiary alicyclic amines) is 1. The minimum Gasteiger partial charge on any atom is -0.472 e. The third-order valence-electron chi connectivity index (χ3n) is 4.83. The van der Waals surface area contributed by atoms with E-state index >= 15 is 0 Å². The molecular weight excluding hydrogens is 337 g/mol. The minimum absolute atomic E-state index is 0.194. The zero-order valence-corrected chi connectivity index (χ0v) is 14.7. The van der Waals surface area contributed by atoms with E-state index in [1.54, 1.807) is 36.1 Å². The van der Waals surface area contributed by atoms with Crippen molar-refractivity contribution in [2.75, 3.05) is 19.7 Å². The van der Waals surface area contributed by atoms with Crippen molar-refractivity contribution in [2.45, 2.75) is 26.2 Å². The number of esters is 1. The maximum Gasteiger partial charge on any atom is 0.314 e. The molecule has 5 nitrogen and oxygen atoms in total. The molecule has 1 aliphatic rings. The van der Waals surface area contributed by atoms with Gasteiger partial charge in [0.05, 0.1) is 23.8 Å². The fourth-order valence-corrected chi connectivity index (χ4v) is 3.55. The van der Waals surface area contributed by atoms with Gasteiger partial charge in [0.1, 0.15) is 12.1 Å². The average Bonchev–Trinajstić information content (AvgIpc) is 3.18. The number of carbonyl (C=O) groups is 2. The molecule has 1 saturated heterocycles. The molecule has 0 spiro atoms. The monoisotopic (exact) mass is 359 g/mol. The van der Waals surface area contributed by atoms with Crippen LogP contribution in [0.3, 0.4) is 0 Å². The molecule has 0 N–H and O–H groups in total. The van der Waals surface area contributed by atoms with E-state index in [-0.39, 0.29) is 37.3 Å². The molecule has 138 valence electrons. The topological polar surface area (TPSA) is 59.8 Å². The maximum absolute atomic E-state index is 14.2. The molecule has 1 fully saturated rings. The summed E-state index contributed by atoms with van der Waals surface area (Å²) in [6, 6.07) is 8.01. The predicted octanol–water partition coefficient (Wildman–Crippen LogP) is 3.45. The Bertz CT molecular complexity index is 774. The van der Waals surface area contributed by atoms with Gasteiger partial charge in [0.2, 0.25) is 0 Å². The van der Waals surface area contributed by atoms with Crippen LogP contribution in [0.1, 0.15) is 35.7 Å². The Kier molecular flexibility index (Phi) is 5.40. The molecule has 2 aromatic rings. The lowest BCUT2D eigenvalue weighted by Gasteiger charge is -2.41. The van der Waals surface area contributed by atoms with Gasteiger partial charge in [-0.2, -0.15) is 0 Å². The van der Waals surface area contributed by atoms with E-state index in [9.17, 15) is 14.0 Å². The van der Waals surface area contributed by atoms with Crippen LogP contribution in [-0.4, -0.2) is 36.5 Å². The second kappa shape index (κ2) is 7.72. The zero-order chi connectivity index (χ0) is 18.6. The molecule has 2 heterocycles. The number of halogens is 1. The van der Waals surface area contributed by atoms with Crippen molar-refractivity contribution in [1.82, 2.24) is 4.90 Å². The second-order valence-electron chi connectivity index (χ2n) is 6.61. The van der Waals surface area contributed by atoms with Crippen LogP contribution in [0.15, 0.2) is 47.3 Å². The summed E-state index contributed by atoms with van der Waals surface area (Å²) in [6.45, 7) is 2.73. The maximum atomic E-state index is 14.2. The Labute approximate surface area is 151 Å². The number of ether oxygens (including phenoxy) is 1. The van der Waals surface area contributed by atoms with Crippen molar-refractivity contribution in [1.29, 1.82) is 0 Å². The van der Waals surface area contributed by atoms with Gasteiger partial charge in [-0.15, -0.1) is 0 Å². The van der Waals surface area contributed by atoms with Crippen LogP contribution < -0.4 is 0 Å². The molecule has 3 rings (SSSR count). The number of piperidine rings is 1. The van der Waals surface area contributed by atoms with E-state index < -0.39 is 5.41 Å². The zero-order valence-electron chi connectivity index (χ0n) is 14.7. The van der Waals surface area contributed by atoms with Crippen molar-refractivity contribution in [3.8, 4) is 0 Å². The fraction of sp³-hybridized carbons (Fsp3) is 0.400. The summed E-state index contributed by atoms with van der Waals surface area (Å²) in [6.07, 6.45) is 4.23. The van der Waals surface area contributed by atoms with Crippen LogP contribution in [-0.2, 0) is 16.0 Å². The van der Waals surface area contributed by atoms with Crippen molar-refractivity contribution < 1.29 is 23.1 Å². The Morgan fingerprint density at radius 3 is 2.81 bits per heavy atom. The number of amides is 1. The highest BCUT2D eigenvalue weighted by Crippen LogP contribution is 2.36. The van der Waals surface area contributed by atoms with E-state index in [0.717, 1.165) is 0 Å². The predicted molar refractivity (Wildman–Crippen MR) is 93.0 cm³/mol. The highest BCUT2D eigenvalue weighted by Gasteiger charge is 2.45. The van der Waals surface area contributed by atoms with Crippen LogP contribution >= 0.6 is 0 Å². The molecule has 1 aromatic heterocycles. The lowest BCUT2D eigenvalue weighted by Crippen LogP contribution is -2.51.